The zero-order chi connectivity index (χ0) is 10.4. The van der Waals surface area contributed by atoms with Crippen molar-refractivity contribution in [3.63, 3.8) is 0 Å². The van der Waals surface area contributed by atoms with Gasteiger partial charge in [0.2, 0.25) is 0 Å². The quantitative estimate of drug-likeness (QED) is 0.702. The average molecular weight is 195 g/mol. The first-order valence-corrected chi connectivity index (χ1v) is 5.38. The molecule has 0 radical (unpaired) electrons. The molecule has 0 saturated carbocycles. The van der Waals surface area contributed by atoms with Crippen molar-refractivity contribution in [3.05, 3.63) is 18.0 Å². The first-order valence-electron chi connectivity index (χ1n) is 5.38. The van der Waals surface area contributed by atoms with E-state index < -0.39 is 0 Å². The summed E-state index contributed by atoms with van der Waals surface area (Å²) >= 11 is 0. The lowest BCUT2D eigenvalue weighted by Crippen LogP contribution is -2.21. The van der Waals surface area contributed by atoms with E-state index in [0.29, 0.717) is 0 Å². The molecule has 0 unspecified atom stereocenters. The van der Waals surface area contributed by atoms with Crippen molar-refractivity contribution in [3.8, 4) is 0 Å². The third-order valence-corrected chi connectivity index (χ3v) is 2.06. The highest BCUT2D eigenvalue weighted by Gasteiger charge is 1.95. The summed E-state index contributed by atoms with van der Waals surface area (Å²) in [4.78, 5) is 0. The third kappa shape index (κ3) is 4.42. The van der Waals surface area contributed by atoms with E-state index in [-0.39, 0.29) is 0 Å². The number of hydrogen-bond acceptors (Lipinski definition) is 2. The molecule has 0 aliphatic carbocycles. The number of rotatable bonds is 6. The number of aromatic nitrogens is 2. The van der Waals surface area contributed by atoms with Gasteiger partial charge in [-0.2, -0.15) is 5.10 Å². The number of nitrogens with one attached hydrogen (secondary N) is 1. The van der Waals surface area contributed by atoms with E-state index in [1.165, 1.54) is 5.56 Å². The summed E-state index contributed by atoms with van der Waals surface area (Å²) in [6, 6.07) is 0. The Bertz CT molecular complexity index is 253. The van der Waals surface area contributed by atoms with Crippen LogP contribution in [0.15, 0.2) is 12.4 Å². The first kappa shape index (κ1) is 11.2. The Hall–Kier alpha value is -0.830. The van der Waals surface area contributed by atoms with Gasteiger partial charge in [-0.05, 0) is 37.9 Å². The third-order valence-electron chi connectivity index (χ3n) is 2.06. The Kier molecular flexibility index (Phi) is 4.66. The zero-order valence-electron chi connectivity index (χ0n) is 9.45. The molecule has 3 nitrogen and oxygen atoms in total. The highest BCUT2D eigenvalue weighted by atomic mass is 15.3. The minimum absolute atomic E-state index is 0.738. The van der Waals surface area contributed by atoms with E-state index in [1.807, 2.05) is 10.9 Å². The van der Waals surface area contributed by atoms with Crippen molar-refractivity contribution < 1.29 is 0 Å². The van der Waals surface area contributed by atoms with Crippen LogP contribution in [0.1, 0.15) is 25.8 Å². The van der Waals surface area contributed by atoms with Crippen LogP contribution < -0.4 is 5.32 Å². The smallest absolute Gasteiger partial charge is 0.0518 e. The molecule has 1 rings (SSSR count). The van der Waals surface area contributed by atoms with Gasteiger partial charge in [-0.15, -0.1) is 0 Å². The predicted octanol–water partition coefficient (Wildman–Crippen LogP) is 1.83. The largest absolute Gasteiger partial charge is 0.316 e. The molecule has 14 heavy (non-hydrogen) atoms. The second-order valence-electron chi connectivity index (χ2n) is 4.23. The zero-order valence-corrected chi connectivity index (χ0v) is 9.45. The lowest BCUT2D eigenvalue weighted by Gasteiger charge is -2.06. The van der Waals surface area contributed by atoms with Crippen molar-refractivity contribution in [1.82, 2.24) is 15.1 Å². The minimum atomic E-state index is 0.738. The van der Waals surface area contributed by atoms with Crippen LogP contribution in [0.25, 0.3) is 0 Å². The van der Waals surface area contributed by atoms with Gasteiger partial charge in [0.25, 0.3) is 0 Å². The maximum Gasteiger partial charge on any atom is 0.0518 e. The molecule has 0 amide bonds. The molecule has 1 N–H and O–H groups in total. The minimum Gasteiger partial charge on any atom is -0.316 e. The lowest BCUT2D eigenvalue weighted by molar-refractivity contribution is 0.506. The lowest BCUT2D eigenvalue weighted by atomic mass is 10.2. The predicted molar refractivity (Wildman–Crippen MR) is 59.3 cm³/mol. The Morgan fingerprint density at radius 2 is 2.29 bits per heavy atom. The molecule has 1 heterocycles. The molecule has 0 aromatic carbocycles. The van der Waals surface area contributed by atoms with Crippen LogP contribution in [0.3, 0.4) is 0 Å². The van der Waals surface area contributed by atoms with Crippen LogP contribution >= 0.6 is 0 Å². The summed E-state index contributed by atoms with van der Waals surface area (Å²) < 4.78 is 2.01. The Morgan fingerprint density at radius 3 is 2.86 bits per heavy atom. The molecule has 0 saturated heterocycles. The van der Waals surface area contributed by atoms with Gasteiger partial charge in [0.1, 0.15) is 0 Å². The van der Waals surface area contributed by atoms with Crippen molar-refractivity contribution in [2.45, 2.75) is 33.7 Å². The Morgan fingerprint density at radius 1 is 1.50 bits per heavy atom. The fourth-order valence-corrected chi connectivity index (χ4v) is 1.35. The van der Waals surface area contributed by atoms with Gasteiger partial charge in [-0.1, -0.05) is 13.8 Å². The molecule has 0 aliphatic heterocycles. The van der Waals surface area contributed by atoms with Crippen LogP contribution in [0.4, 0.5) is 0 Å². The maximum absolute atomic E-state index is 4.24. The van der Waals surface area contributed by atoms with Crippen molar-refractivity contribution in [2.75, 3.05) is 13.1 Å². The van der Waals surface area contributed by atoms with Gasteiger partial charge in [-0.3, -0.25) is 4.68 Å². The summed E-state index contributed by atoms with van der Waals surface area (Å²) in [5.41, 5.74) is 1.24. The van der Waals surface area contributed by atoms with E-state index >= 15 is 0 Å². The number of nitrogens with zero attached hydrogens (tertiary/aromatic N) is 2. The number of hydrogen-bond donors (Lipinski definition) is 1. The average Bonchev–Trinajstić information content (AvgIpc) is 2.50. The summed E-state index contributed by atoms with van der Waals surface area (Å²) in [7, 11) is 0. The van der Waals surface area contributed by atoms with E-state index in [1.54, 1.807) is 0 Å². The van der Waals surface area contributed by atoms with Crippen LogP contribution in [0.2, 0.25) is 0 Å². The van der Waals surface area contributed by atoms with Crippen LogP contribution in [0, 0.1) is 12.8 Å². The van der Waals surface area contributed by atoms with Gasteiger partial charge in [-0.25, -0.2) is 0 Å². The molecule has 0 fully saturated rings. The molecule has 0 spiro atoms. The molecule has 0 atom stereocenters. The molecule has 1 aromatic rings. The monoisotopic (exact) mass is 195 g/mol. The molecule has 0 aliphatic rings. The van der Waals surface area contributed by atoms with E-state index in [9.17, 15) is 0 Å². The van der Waals surface area contributed by atoms with Crippen LogP contribution in [0.5, 0.6) is 0 Å². The van der Waals surface area contributed by atoms with Crippen molar-refractivity contribution in [2.24, 2.45) is 5.92 Å². The standard InChI is InChI=1S/C11H21N3/c1-10(2)7-12-5-4-6-14-9-11(3)8-13-14/h8-10,12H,4-7H2,1-3H3. The second-order valence-corrected chi connectivity index (χ2v) is 4.23. The molecule has 80 valence electrons. The Balaban J connectivity index is 2.04. The molecular weight excluding hydrogens is 174 g/mol. The SMILES string of the molecule is Cc1cnn(CCCNCC(C)C)c1. The first-order chi connectivity index (χ1) is 6.68. The van der Waals surface area contributed by atoms with E-state index in [2.05, 4.69) is 37.4 Å². The highest BCUT2D eigenvalue weighted by Crippen LogP contribution is 1.95. The van der Waals surface area contributed by atoms with Gasteiger partial charge >= 0.3 is 0 Å². The molecule has 3 heteroatoms. The number of aryl methyl sites for hydroxylation is 2. The van der Waals surface area contributed by atoms with Crippen LogP contribution in [-0.4, -0.2) is 22.9 Å². The van der Waals surface area contributed by atoms with Gasteiger partial charge in [0, 0.05) is 12.7 Å². The van der Waals surface area contributed by atoms with Gasteiger partial charge < -0.3 is 5.32 Å². The summed E-state index contributed by atoms with van der Waals surface area (Å²) in [5, 5.41) is 7.66. The Labute approximate surface area is 86.5 Å². The van der Waals surface area contributed by atoms with Crippen LogP contribution in [-0.2, 0) is 6.54 Å². The molecular formula is C11H21N3. The fourth-order valence-electron chi connectivity index (χ4n) is 1.35. The van der Waals surface area contributed by atoms with Crippen molar-refractivity contribution in [1.29, 1.82) is 0 Å². The van der Waals surface area contributed by atoms with E-state index in [4.69, 9.17) is 0 Å². The second kappa shape index (κ2) is 5.81. The fraction of sp³-hybridized carbons (Fsp3) is 0.727. The van der Waals surface area contributed by atoms with Gasteiger partial charge in [0.15, 0.2) is 0 Å². The topological polar surface area (TPSA) is 29.9 Å². The molecule has 1 aromatic heterocycles. The summed E-state index contributed by atoms with van der Waals surface area (Å²) in [6.07, 6.45) is 5.14. The summed E-state index contributed by atoms with van der Waals surface area (Å²) in [6.45, 7) is 9.72. The summed E-state index contributed by atoms with van der Waals surface area (Å²) in [5.74, 6) is 0.738. The normalized spacial score (nSPS) is 11.1. The molecule has 0 bridgehead atoms. The highest BCUT2D eigenvalue weighted by molar-refractivity contribution is 4.99. The van der Waals surface area contributed by atoms with E-state index in [0.717, 1.165) is 32.0 Å². The maximum atomic E-state index is 4.24. The van der Waals surface area contributed by atoms with Crippen molar-refractivity contribution >= 4 is 0 Å². The van der Waals surface area contributed by atoms with Gasteiger partial charge in [0.05, 0.1) is 6.20 Å².